The Morgan fingerprint density at radius 2 is 1.76 bits per heavy atom. The van der Waals surface area contributed by atoms with E-state index in [0.29, 0.717) is 17.9 Å². The van der Waals surface area contributed by atoms with Crippen molar-refractivity contribution in [3.05, 3.63) is 94.0 Å². The Labute approximate surface area is 215 Å². The average Bonchev–Trinajstić information content (AvgIpc) is 3.09. The summed E-state index contributed by atoms with van der Waals surface area (Å²) in [5.41, 5.74) is 1.03. The van der Waals surface area contributed by atoms with E-state index in [0.717, 1.165) is 22.6 Å². The topological polar surface area (TPSA) is 76.1 Å². The van der Waals surface area contributed by atoms with E-state index >= 15 is 0 Å². The molecule has 0 aromatic heterocycles. The molecule has 1 aliphatic rings. The number of ether oxygens (including phenoxy) is 2. The zero-order valence-electron chi connectivity index (χ0n) is 19.7. The maximum Gasteiger partial charge on any atom is 0.573 e. The van der Waals surface area contributed by atoms with Gasteiger partial charge >= 0.3 is 6.36 Å². The van der Waals surface area contributed by atoms with Gasteiger partial charge in [0.05, 0.1) is 23.2 Å². The first-order chi connectivity index (χ1) is 17.5. The van der Waals surface area contributed by atoms with Crippen molar-refractivity contribution in [3.63, 3.8) is 0 Å². The normalized spacial score (nSPS) is 17.2. The van der Waals surface area contributed by atoms with E-state index in [4.69, 9.17) is 16.3 Å². The first kappa shape index (κ1) is 26.1. The summed E-state index contributed by atoms with van der Waals surface area (Å²) in [4.78, 5) is 27.6. The third-order valence-electron chi connectivity index (χ3n) is 5.64. The molecule has 1 amide bonds. The van der Waals surface area contributed by atoms with Crippen molar-refractivity contribution in [1.29, 1.82) is 0 Å². The lowest BCUT2D eigenvalue weighted by Crippen LogP contribution is -2.29. The van der Waals surface area contributed by atoms with Gasteiger partial charge in [0, 0.05) is 17.3 Å². The summed E-state index contributed by atoms with van der Waals surface area (Å²) in [6.07, 6.45) is -4.95. The van der Waals surface area contributed by atoms with Gasteiger partial charge in [-0.3, -0.25) is 14.5 Å². The van der Waals surface area contributed by atoms with Gasteiger partial charge in [-0.1, -0.05) is 47.5 Å². The number of aliphatic hydroxyl groups is 1. The molecule has 1 atom stereocenters. The van der Waals surface area contributed by atoms with Crippen LogP contribution in [0.5, 0.6) is 11.5 Å². The number of anilines is 1. The van der Waals surface area contributed by atoms with Crippen LogP contribution in [0.4, 0.5) is 18.9 Å². The summed E-state index contributed by atoms with van der Waals surface area (Å²) in [5, 5.41) is 11.4. The number of alkyl halides is 3. The third-order valence-corrected chi connectivity index (χ3v) is 5.97. The highest BCUT2D eigenvalue weighted by atomic mass is 35.5. The molecule has 1 saturated heterocycles. The number of hydrogen-bond donors (Lipinski definition) is 1. The monoisotopic (exact) mass is 531 g/mol. The second-order valence-corrected chi connectivity index (χ2v) is 8.61. The molecule has 3 aromatic carbocycles. The number of rotatable bonds is 6. The van der Waals surface area contributed by atoms with Crippen LogP contribution in [0.3, 0.4) is 0 Å². The number of ketones is 1. The van der Waals surface area contributed by atoms with Crippen molar-refractivity contribution >= 4 is 34.7 Å². The van der Waals surface area contributed by atoms with E-state index < -0.39 is 35.6 Å². The third kappa shape index (κ3) is 5.41. The molecule has 192 valence electrons. The smallest absolute Gasteiger partial charge is 0.507 e. The predicted molar refractivity (Wildman–Crippen MR) is 132 cm³/mol. The van der Waals surface area contributed by atoms with Gasteiger partial charge in [-0.15, -0.1) is 13.2 Å². The summed E-state index contributed by atoms with van der Waals surface area (Å²) < 4.78 is 48.0. The van der Waals surface area contributed by atoms with Crippen molar-refractivity contribution in [2.45, 2.75) is 26.3 Å². The van der Waals surface area contributed by atoms with Crippen LogP contribution >= 0.6 is 11.6 Å². The van der Waals surface area contributed by atoms with Crippen LogP contribution in [0.25, 0.3) is 5.76 Å². The summed E-state index contributed by atoms with van der Waals surface area (Å²) in [7, 11) is 0. The maximum atomic E-state index is 13.3. The maximum absolute atomic E-state index is 13.3. The van der Waals surface area contributed by atoms with Gasteiger partial charge in [-0.05, 0) is 49.7 Å². The number of aliphatic hydroxyl groups excluding tert-OH is 1. The Morgan fingerprint density at radius 3 is 2.43 bits per heavy atom. The largest absolute Gasteiger partial charge is 0.573 e. The molecular weight excluding hydrogens is 511 g/mol. The lowest BCUT2D eigenvalue weighted by Gasteiger charge is -2.26. The molecule has 1 heterocycles. The van der Waals surface area contributed by atoms with Crippen LogP contribution in [0.15, 0.2) is 72.3 Å². The highest BCUT2D eigenvalue weighted by Crippen LogP contribution is 2.44. The van der Waals surface area contributed by atoms with Gasteiger partial charge in [0.25, 0.3) is 11.7 Å². The number of halogens is 4. The van der Waals surface area contributed by atoms with Crippen molar-refractivity contribution < 1.29 is 37.3 Å². The fourth-order valence-electron chi connectivity index (χ4n) is 4.17. The number of Topliss-reactive ketones (excluding diaryl/α,β-unsaturated/α-hetero) is 1. The van der Waals surface area contributed by atoms with Crippen LogP contribution in [-0.4, -0.2) is 29.8 Å². The lowest BCUT2D eigenvalue weighted by atomic mass is 9.94. The molecule has 0 saturated carbocycles. The SMILES string of the molecule is CCOc1ccc(Cl)c(/C(O)=C2\C(=O)C(=O)N(c3cccc(OC(F)(F)F)c3)C2c2cccc(C)c2)c1. The van der Waals surface area contributed by atoms with Gasteiger partial charge in [-0.2, -0.15) is 0 Å². The summed E-state index contributed by atoms with van der Waals surface area (Å²) in [6.45, 7) is 3.91. The van der Waals surface area contributed by atoms with Crippen LogP contribution in [-0.2, 0) is 9.59 Å². The van der Waals surface area contributed by atoms with Gasteiger partial charge in [0.1, 0.15) is 17.3 Å². The molecule has 0 bridgehead atoms. The van der Waals surface area contributed by atoms with E-state index in [2.05, 4.69) is 4.74 Å². The highest BCUT2D eigenvalue weighted by molar-refractivity contribution is 6.52. The van der Waals surface area contributed by atoms with E-state index in [1.165, 1.54) is 24.3 Å². The Hall–Kier alpha value is -3.98. The Bertz CT molecular complexity index is 1400. The molecule has 3 aromatic rings. The van der Waals surface area contributed by atoms with Gasteiger partial charge < -0.3 is 14.6 Å². The minimum Gasteiger partial charge on any atom is -0.507 e. The fraction of sp³-hybridized carbons (Fsp3) is 0.185. The zero-order valence-corrected chi connectivity index (χ0v) is 20.4. The van der Waals surface area contributed by atoms with E-state index in [1.54, 1.807) is 44.2 Å². The van der Waals surface area contributed by atoms with E-state index in [1.807, 2.05) is 0 Å². The van der Waals surface area contributed by atoms with Crippen molar-refractivity contribution in [3.8, 4) is 11.5 Å². The van der Waals surface area contributed by atoms with Gasteiger partial charge in [0.2, 0.25) is 0 Å². The van der Waals surface area contributed by atoms with E-state index in [-0.39, 0.29) is 21.8 Å². The second-order valence-electron chi connectivity index (χ2n) is 8.20. The number of nitrogens with zero attached hydrogens (tertiary/aromatic N) is 1. The van der Waals surface area contributed by atoms with Crippen LogP contribution in [0.2, 0.25) is 5.02 Å². The molecular formula is C27H21ClF3NO5. The Kier molecular flexibility index (Phi) is 7.18. The van der Waals surface area contributed by atoms with Gasteiger partial charge in [0.15, 0.2) is 0 Å². The molecule has 4 rings (SSSR count). The molecule has 0 aliphatic carbocycles. The van der Waals surface area contributed by atoms with Crippen LogP contribution in [0.1, 0.15) is 29.7 Å². The summed E-state index contributed by atoms with van der Waals surface area (Å²) in [5.74, 6) is -2.78. The number of carbonyl (C=O) groups excluding carboxylic acids is 2. The van der Waals surface area contributed by atoms with Crippen molar-refractivity contribution in [1.82, 2.24) is 0 Å². The molecule has 0 spiro atoms. The average molecular weight is 532 g/mol. The van der Waals surface area contributed by atoms with Crippen LogP contribution in [0, 0.1) is 6.92 Å². The molecule has 37 heavy (non-hydrogen) atoms. The Balaban J connectivity index is 1.93. The minimum absolute atomic E-state index is 0.0245. The number of hydrogen-bond acceptors (Lipinski definition) is 5. The summed E-state index contributed by atoms with van der Waals surface area (Å²) in [6, 6.07) is 15.0. The number of carbonyl (C=O) groups is 2. The molecule has 1 fully saturated rings. The molecule has 0 radical (unpaired) electrons. The van der Waals surface area contributed by atoms with Crippen molar-refractivity contribution in [2.24, 2.45) is 0 Å². The van der Waals surface area contributed by atoms with Crippen molar-refractivity contribution in [2.75, 3.05) is 11.5 Å². The lowest BCUT2D eigenvalue weighted by molar-refractivity contribution is -0.274. The fourth-order valence-corrected chi connectivity index (χ4v) is 4.38. The van der Waals surface area contributed by atoms with Gasteiger partial charge in [-0.25, -0.2) is 0 Å². The van der Waals surface area contributed by atoms with Crippen LogP contribution < -0.4 is 14.4 Å². The summed E-state index contributed by atoms with van der Waals surface area (Å²) >= 11 is 6.33. The number of benzene rings is 3. The zero-order chi connectivity index (χ0) is 26.9. The molecule has 1 unspecified atom stereocenters. The quantitative estimate of drug-likeness (QED) is 0.221. The highest BCUT2D eigenvalue weighted by Gasteiger charge is 2.47. The molecule has 10 heteroatoms. The molecule has 1 N–H and O–H groups in total. The Morgan fingerprint density at radius 1 is 1.03 bits per heavy atom. The predicted octanol–water partition coefficient (Wildman–Crippen LogP) is 6.57. The first-order valence-corrected chi connectivity index (χ1v) is 11.5. The first-order valence-electron chi connectivity index (χ1n) is 11.2. The molecule has 6 nitrogen and oxygen atoms in total. The minimum atomic E-state index is -4.95. The number of aryl methyl sites for hydroxylation is 1. The second kappa shape index (κ2) is 10.2. The molecule has 1 aliphatic heterocycles. The van der Waals surface area contributed by atoms with E-state index in [9.17, 15) is 27.9 Å². The number of amides is 1. The standard InChI is InChI=1S/C27H21ClF3NO5/c1-3-36-18-10-11-21(28)20(14-18)24(33)22-23(16-7-4-6-15(2)12-16)32(26(35)25(22)34)17-8-5-9-19(13-17)37-27(29,30)31/h4-14,23,33H,3H2,1-2H3/b24-22+.